The van der Waals surface area contributed by atoms with Crippen molar-refractivity contribution in [2.24, 2.45) is 0 Å². The number of hydrogen-bond donors (Lipinski definition) is 2. The molecule has 0 saturated heterocycles. The van der Waals surface area contributed by atoms with Crippen LogP contribution in [0.1, 0.15) is 22.1 Å². The van der Waals surface area contributed by atoms with Crippen molar-refractivity contribution in [1.82, 2.24) is 9.97 Å². The molecular formula is C17H15ClN4O2. The molecule has 1 aromatic carbocycles. The molecule has 2 N–H and O–H groups in total. The third kappa shape index (κ3) is 4.11. The summed E-state index contributed by atoms with van der Waals surface area (Å²) in [5.74, 6) is 1.49. The number of benzene rings is 1. The van der Waals surface area contributed by atoms with Gasteiger partial charge in [-0.1, -0.05) is 17.7 Å². The fraction of sp³-hybridized carbons (Fsp3) is 0.118. The average molecular weight is 343 g/mol. The van der Waals surface area contributed by atoms with Crippen molar-refractivity contribution in [2.45, 2.75) is 13.5 Å². The highest BCUT2D eigenvalue weighted by Crippen LogP contribution is 2.16. The summed E-state index contributed by atoms with van der Waals surface area (Å²) >= 11 is 5.92. The maximum absolute atomic E-state index is 12.4. The Morgan fingerprint density at radius 1 is 1.21 bits per heavy atom. The van der Waals surface area contributed by atoms with Gasteiger partial charge in [-0.2, -0.15) is 0 Å². The minimum absolute atomic E-state index is 0.268. The van der Waals surface area contributed by atoms with Crippen LogP contribution in [0.5, 0.6) is 0 Å². The second kappa shape index (κ2) is 7.14. The number of amides is 1. The topological polar surface area (TPSA) is 80.0 Å². The second-order valence-corrected chi connectivity index (χ2v) is 5.52. The number of nitrogens with one attached hydrogen (secondary N) is 2. The molecule has 0 fully saturated rings. The van der Waals surface area contributed by atoms with E-state index < -0.39 is 0 Å². The van der Waals surface area contributed by atoms with Crippen LogP contribution < -0.4 is 10.6 Å². The van der Waals surface area contributed by atoms with E-state index in [9.17, 15) is 4.79 Å². The summed E-state index contributed by atoms with van der Waals surface area (Å²) in [7, 11) is 0. The van der Waals surface area contributed by atoms with E-state index in [4.69, 9.17) is 16.0 Å². The van der Waals surface area contributed by atoms with E-state index in [-0.39, 0.29) is 11.6 Å². The van der Waals surface area contributed by atoms with Crippen LogP contribution in [0, 0.1) is 6.92 Å². The molecule has 7 heteroatoms. The number of carbonyl (C=O) groups excluding carboxylic acids is 1. The average Bonchev–Trinajstić information content (AvgIpc) is 3.06. The number of furan rings is 1. The Labute approximate surface area is 143 Å². The molecule has 122 valence electrons. The van der Waals surface area contributed by atoms with E-state index in [2.05, 4.69) is 20.6 Å². The van der Waals surface area contributed by atoms with Gasteiger partial charge in [0.15, 0.2) is 0 Å². The largest absolute Gasteiger partial charge is 0.467 e. The van der Waals surface area contributed by atoms with E-state index in [0.717, 1.165) is 5.76 Å². The molecule has 0 aliphatic rings. The zero-order valence-electron chi connectivity index (χ0n) is 12.9. The quantitative estimate of drug-likeness (QED) is 0.735. The van der Waals surface area contributed by atoms with E-state index >= 15 is 0 Å². The minimum atomic E-state index is -0.330. The summed E-state index contributed by atoms with van der Waals surface area (Å²) in [5, 5.41) is 6.42. The normalized spacial score (nSPS) is 10.4. The number of aryl methyl sites for hydroxylation is 1. The molecule has 1 amide bonds. The van der Waals surface area contributed by atoms with Gasteiger partial charge in [0.05, 0.1) is 12.8 Å². The first kappa shape index (κ1) is 16.0. The van der Waals surface area contributed by atoms with Gasteiger partial charge in [-0.3, -0.25) is 4.79 Å². The molecule has 3 rings (SSSR count). The zero-order valence-corrected chi connectivity index (χ0v) is 13.7. The predicted molar refractivity (Wildman–Crippen MR) is 92.2 cm³/mol. The number of nitrogens with zero attached hydrogens (tertiary/aromatic N) is 2. The van der Waals surface area contributed by atoms with Gasteiger partial charge >= 0.3 is 0 Å². The molecule has 0 unspecified atom stereocenters. The summed E-state index contributed by atoms with van der Waals surface area (Å²) in [6.45, 7) is 2.20. The molecule has 0 spiro atoms. The van der Waals surface area contributed by atoms with Crippen LogP contribution in [0.25, 0.3) is 0 Å². The molecule has 24 heavy (non-hydrogen) atoms. The first-order chi connectivity index (χ1) is 11.6. The van der Waals surface area contributed by atoms with Gasteiger partial charge in [-0.25, -0.2) is 9.97 Å². The fourth-order valence-electron chi connectivity index (χ4n) is 2.13. The molecule has 0 bridgehead atoms. The molecule has 3 aromatic rings. The lowest BCUT2D eigenvalue weighted by atomic mass is 10.3. The van der Waals surface area contributed by atoms with Gasteiger partial charge in [-0.15, -0.1) is 0 Å². The van der Waals surface area contributed by atoms with Crippen LogP contribution in [0.4, 0.5) is 11.5 Å². The Hall–Kier alpha value is -2.86. The highest BCUT2D eigenvalue weighted by atomic mass is 35.5. The zero-order chi connectivity index (χ0) is 16.9. The van der Waals surface area contributed by atoms with Crippen LogP contribution in [-0.4, -0.2) is 15.9 Å². The van der Waals surface area contributed by atoms with Crippen LogP contribution >= 0.6 is 11.6 Å². The second-order valence-electron chi connectivity index (χ2n) is 5.08. The monoisotopic (exact) mass is 342 g/mol. The third-order valence-corrected chi connectivity index (χ3v) is 3.41. The smallest absolute Gasteiger partial charge is 0.274 e. The van der Waals surface area contributed by atoms with Crippen molar-refractivity contribution < 1.29 is 9.21 Å². The summed E-state index contributed by atoms with van der Waals surface area (Å²) in [4.78, 5) is 20.8. The maximum Gasteiger partial charge on any atom is 0.274 e. The number of halogens is 1. The van der Waals surface area contributed by atoms with Crippen molar-refractivity contribution in [3.8, 4) is 0 Å². The van der Waals surface area contributed by atoms with Crippen molar-refractivity contribution in [3.05, 3.63) is 71.0 Å². The lowest BCUT2D eigenvalue weighted by molar-refractivity contribution is 0.102. The molecular weight excluding hydrogens is 328 g/mol. The molecule has 0 radical (unpaired) electrons. The maximum atomic E-state index is 12.4. The summed E-state index contributed by atoms with van der Waals surface area (Å²) < 4.78 is 5.26. The molecule has 0 atom stereocenters. The molecule has 0 aliphatic carbocycles. The highest BCUT2D eigenvalue weighted by molar-refractivity contribution is 6.30. The highest BCUT2D eigenvalue weighted by Gasteiger charge is 2.11. The van der Waals surface area contributed by atoms with Crippen molar-refractivity contribution in [3.63, 3.8) is 0 Å². The van der Waals surface area contributed by atoms with Gasteiger partial charge in [0.25, 0.3) is 5.91 Å². The number of rotatable bonds is 5. The Bertz CT molecular complexity index is 850. The summed E-state index contributed by atoms with van der Waals surface area (Å²) in [6.07, 6.45) is 1.60. The van der Waals surface area contributed by atoms with E-state index in [0.29, 0.717) is 28.9 Å². The lowest BCUT2D eigenvalue weighted by Crippen LogP contribution is -2.15. The van der Waals surface area contributed by atoms with Crippen molar-refractivity contribution in [1.29, 1.82) is 0 Å². The van der Waals surface area contributed by atoms with E-state index in [1.807, 2.05) is 12.1 Å². The minimum Gasteiger partial charge on any atom is -0.467 e. The van der Waals surface area contributed by atoms with Gasteiger partial charge < -0.3 is 15.1 Å². The molecule has 0 saturated carbocycles. The van der Waals surface area contributed by atoms with Gasteiger partial charge in [-0.05, 0) is 37.3 Å². The number of aromatic nitrogens is 2. The van der Waals surface area contributed by atoms with Gasteiger partial charge in [0, 0.05) is 16.8 Å². The molecule has 6 nitrogen and oxygen atoms in total. The van der Waals surface area contributed by atoms with E-state index in [1.54, 1.807) is 43.5 Å². The summed E-state index contributed by atoms with van der Waals surface area (Å²) in [6, 6.07) is 12.2. The van der Waals surface area contributed by atoms with Crippen LogP contribution in [0.15, 0.2) is 53.1 Å². The Kier molecular flexibility index (Phi) is 4.77. The number of carbonyl (C=O) groups is 1. The number of anilines is 2. The Morgan fingerprint density at radius 2 is 2.08 bits per heavy atom. The molecule has 0 aliphatic heterocycles. The van der Waals surface area contributed by atoms with Crippen LogP contribution in [-0.2, 0) is 6.54 Å². The van der Waals surface area contributed by atoms with Crippen molar-refractivity contribution >= 4 is 29.0 Å². The van der Waals surface area contributed by atoms with Gasteiger partial charge in [0.2, 0.25) is 0 Å². The first-order valence-electron chi connectivity index (χ1n) is 7.29. The SMILES string of the molecule is Cc1nc(NCc2ccco2)cc(C(=O)Nc2cccc(Cl)c2)n1. The molecule has 2 aromatic heterocycles. The lowest BCUT2D eigenvalue weighted by Gasteiger charge is -2.08. The third-order valence-electron chi connectivity index (χ3n) is 3.18. The van der Waals surface area contributed by atoms with Crippen LogP contribution in [0.3, 0.4) is 0 Å². The van der Waals surface area contributed by atoms with Crippen molar-refractivity contribution in [2.75, 3.05) is 10.6 Å². The first-order valence-corrected chi connectivity index (χ1v) is 7.67. The van der Waals surface area contributed by atoms with Crippen LogP contribution in [0.2, 0.25) is 5.02 Å². The van der Waals surface area contributed by atoms with Gasteiger partial charge in [0.1, 0.15) is 23.1 Å². The Balaban J connectivity index is 1.73. The Morgan fingerprint density at radius 3 is 2.83 bits per heavy atom. The predicted octanol–water partition coefficient (Wildman–Crippen LogP) is 3.90. The number of hydrogen-bond acceptors (Lipinski definition) is 5. The summed E-state index contributed by atoms with van der Waals surface area (Å²) in [5.41, 5.74) is 0.873. The standard InChI is InChI=1S/C17H15ClN4O2/c1-11-20-15(17(23)22-13-5-2-4-12(18)8-13)9-16(21-11)19-10-14-6-3-7-24-14/h2-9H,10H2,1H3,(H,22,23)(H,19,20,21). The molecule has 2 heterocycles. The fourth-order valence-corrected chi connectivity index (χ4v) is 2.32. The van der Waals surface area contributed by atoms with E-state index in [1.165, 1.54) is 0 Å².